The van der Waals surface area contributed by atoms with E-state index in [1.54, 1.807) is 24.3 Å². The molecule has 2 amide bonds. The van der Waals surface area contributed by atoms with Crippen molar-refractivity contribution in [2.24, 2.45) is 0 Å². The van der Waals surface area contributed by atoms with Gasteiger partial charge in [0.1, 0.15) is 0 Å². The van der Waals surface area contributed by atoms with Crippen molar-refractivity contribution in [3.63, 3.8) is 0 Å². The van der Waals surface area contributed by atoms with Crippen LogP contribution in [0, 0.1) is 0 Å². The van der Waals surface area contributed by atoms with Crippen molar-refractivity contribution in [3.8, 4) is 11.1 Å². The second kappa shape index (κ2) is 4.69. The van der Waals surface area contributed by atoms with E-state index in [0.717, 1.165) is 5.56 Å². The molecule has 2 heterocycles. The Morgan fingerprint density at radius 2 is 2.00 bits per heavy atom. The summed E-state index contributed by atoms with van der Waals surface area (Å²) in [6, 6.07) is 7.13. The number of nitrogens with two attached hydrogens (primary N) is 1. The number of nitrogens with one attached hydrogen (secondary N) is 1. The molecule has 20 heavy (non-hydrogen) atoms. The number of rotatable bonds is 2. The molecule has 3 N–H and O–H groups in total. The first-order chi connectivity index (χ1) is 9.66. The van der Waals surface area contributed by atoms with Crippen molar-refractivity contribution >= 4 is 23.4 Å². The zero-order chi connectivity index (χ0) is 14.1. The molecule has 1 saturated heterocycles. The molecule has 1 aromatic carbocycles. The molecule has 0 bridgehead atoms. The van der Waals surface area contributed by atoms with Crippen LogP contribution in [-0.4, -0.2) is 30.1 Å². The third kappa shape index (κ3) is 1.99. The fourth-order valence-electron chi connectivity index (χ4n) is 2.11. The van der Waals surface area contributed by atoms with Gasteiger partial charge in [0.05, 0.1) is 11.8 Å². The van der Waals surface area contributed by atoms with Crippen LogP contribution in [0.1, 0.15) is 0 Å². The molecule has 2 aromatic rings. The van der Waals surface area contributed by atoms with Gasteiger partial charge in [-0.1, -0.05) is 17.3 Å². The van der Waals surface area contributed by atoms with Gasteiger partial charge in [0.2, 0.25) is 5.88 Å². The molecule has 1 aromatic heterocycles. The predicted octanol–water partition coefficient (Wildman–Crippen LogP) is 0.387. The normalized spacial score (nSPS) is 15.3. The average molecular weight is 272 g/mol. The van der Waals surface area contributed by atoms with Gasteiger partial charge >= 0.3 is 11.8 Å². The average Bonchev–Trinajstić information content (AvgIpc) is 2.88. The van der Waals surface area contributed by atoms with E-state index in [4.69, 9.17) is 10.3 Å². The number of carbonyl (C=O) groups is 2. The zero-order valence-electron chi connectivity index (χ0n) is 10.5. The van der Waals surface area contributed by atoms with Crippen LogP contribution in [0.4, 0.5) is 11.6 Å². The molecule has 1 fully saturated rings. The Morgan fingerprint density at radius 3 is 2.65 bits per heavy atom. The van der Waals surface area contributed by atoms with Gasteiger partial charge < -0.3 is 20.5 Å². The van der Waals surface area contributed by atoms with Gasteiger partial charge in [-0.15, -0.1) is 0 Å². The number of carbonyl (C=O) groups excluding carboxylic acids is 2. The maximum atomic E-state index is 11.8. The summed E-state index contributed by atoms with van der Waals surface area (Å²) >= 11 is 0. The molecule has 1 aliphatic rings. The van der Waals surface area contributed by atoms with Crippen LogP contribution in [0.25, 0.3) is 11.1 Å². The van der Waals surface area contributed by atoms with Crippen molar-refractivity contribution in [2.75, 3.05) is 23.7 Å². The van der Waals surface area contributed by atoms with Crippen LogP contribution in [0.2, 0.25) is 0 Å². The van der Waals surface area contributed by atoms with Gasteiger partial charge in [0.25, 0.3) is 0 Å². The van der Waals surface area contributed by atoms with E-state index in [9.17, 15) is 9.59 Å². The number of benzene rings is 1. The molecule has 0 aliphatic carbocycles. The second-order valence-corrected chi connectivity index (χ2v) is 4.36. The molecule has 0 saturated carbocycles. The lowest BCUT2D eigenvalue weighted by Crippen LogP contribution is -2.52. The van der Waals surface area contributed by atoms with Crippen LogP contribution in [-0.2, 0) is 9.59 Å². The van der Waals surface area contributed by atoms with Crippen LogP contribution in [0.3, 0.4) is 0 Å². The Balaban J connectivity index is 1.88. The van der Waals surface area contributed by atoms with Gasteiger partial charge in [-0.05, 0) is 17.7 Å². The van der Waals surface area contributed by atoms with E-state index >= 15 is 0 Å². The molecule has 102 valence electrons. The third-order valence-corrected chi connectivity index (χ3v) is 3.15. The Hall–Kier alpha value is -2.83. The maximum Gasteiger partial charge on any atom is 0.316 e. The summed E-state index contributed by atoms with van der Waals surface area (Å²) in [4.78, 5) is 24.5. The Kier molecular flexibility index (Phi) is 2.86. The summed E-state index contributed by atoms with van der Waals surface area (Å²) in [5.41, 5.74) is 7.85. The molecular formula is C13H12N4O3. The quantitative estimate of drug-likeness (QED) is 0.770. The smallest absolute Gasteiger partial charge is 0.316 e. The lowest BCUT2D eigenvalue weighted by atomic mass is 10.1. The minimum Gasteiger partial charge on any atom is -0.367 e. The molecular weight excluding hydrogens is 260 g/mol. The van der Waals surface area contributed by atoms with Gasteiger partial charge in [0, 0.05) is 18.8 Å². The highest BCUT2D eigenvalue weighted by Gasteiger charge is 2.27. The lowest BCUT2D eigenvalue weighted by Gasteiger charge is -2.26. The van der Waals surface area contributed by atoms with E-state index < -0.39 is 11.8 Å². The standard InChI is InChI=1S/C13H12N4O3/c14-11-10(7-16-20-11)8-1-3-9(4-2-8)17-6-5-15-12(18)13(17)19/h1-4,7H,5-6,14H2,(H,15,18). The summed E-state index contributed by atoms with van der Waals surface area (Å²) in [6.45, 7) is 0.907. The topological polar surface area (TPSA) is 101 Å². The minimum atomic E-state index is -0.580. The summed E-state index contributed by atoms with van der Waals surface area (Å²) in [7, 11) is 0. The van der Waals surface area contributed by atoms with Gasteiger partial charge in [-0.2, -0.15) is 0 Å². The summed E-state index contributed by atoms with van der Waals surface area (Å²) in [5, 5.41) is 6.12. The number of aromatic nitrogens is 1. The number of hydrogen-bond donors (Lipinski definition) is 2. The zero-order valence-corrected chi connectivity index (χ0v) is 10.5. The highest BCUT2D eigenvalue weighted by atomic mass is 16.5. The second-order valence-electron chi connectivity index (χ2n) is 4.36. The first-order valence-electron chi connectivity index (χ1n) is 6.07. The van der Waals surface area contributed by atoms with Crippen LogP contribution >= 0.6 is 0 Å². The van der Waals surface area contributed by atoms with Gasteiger partial charge in [-0.25, -0.2) is 0 Å². The lowest BCUT2D eigenvalue weighted by molar-refractivity contribution is -0.138. The fourth-order valence-corrected chi connectivity index (χ4v) is 2.11. The van der Waals surface area contributed by atoms with Crippen molar-refractivity contribution in [1.29, 1.82) is 0 Å². The van der Waals surface area contributed by atoms with Crippen LogP contribution in [0.15, 0.2) is 35.0 Å². The Bertz CT molecular complexity index is 663. The van der Waals surface area contributed by atoms with Crippen molar-refractivity contribution in [3.05, 3.63) is 30.5 Å². The van der Waals surface area contributed by atoms with E-state index in [1.807, 2.05) is 0 Å². The Morgan fingerprint density at radius 1 is 1.25 bits per heavy atom. The number of anilines is 2. The van der Waals surface area contributed by atoms with E-state index in [2.05, 4.69) is 10.5 Å². The molecule has 7 nitrogen and oxygen atoms in total. The van der Waals surface area contributed by atoms with Gasteiger partial charge in [0.15, 0.2) is 0 Å². The largest absolute Gasteiger partial charge is 0.367 e. The first kappa shape index (κ1) is 12.2. The summed E-state index contributed by atoms with van der Waals surface area (Å²) < 4.78 is 4.81. The Labute approximate surface area is 114 Å². The van der Waals surface area contributed by atoms with Crippen LogP contribution < -0.4 is 16.0 Å². The summed E-state index contributed by atoms with van der Waals surface area (Å²) in [6.07, 6.45) is 1.53. The first-order valence-corrected chi connectivity index (χ1v) is 6.07. The van der Waals surface area contributed by atoms with E-state index in [-0.39, 0.29) is 5.88 Å². The van der Waals surface area contributed by atoms with Crippen LogP contribution in [0.5, 0.6) is 0 Å². The molecule has 0 radical (unpaired) electrons. The maximum absolute atomic E-state index is 11.8. The van der Waals surface area contributed by atoms with E-state index in [0.29, 0.717) is 24.3 Å². The number of hydrogen-bond acceptors (Lipinski definition) is 5. The number of nitrogen functional groups attached to an aromatic ring is 1. The number of piperazine rings is 1. The third-order valence-electron chi connectivity index (χ3n) is 3.15. The minimum absolute atomic E-state index is 0.242. The SMILES string of the molecule is Nc1oncc1-c1ccc(N2CCNC(=O)C2=O)cc1. The molecule has 7 heteroatoms. The molecule has 0 unspecified atom stereocenters. The van der Waals surface area contributed by atoms with Crippen molar-refractivity contribution < 1.29 is 14.1 Å². The summed E-state index contributed by atoms with van der Waals surface area (Å²) in [5.74, 6) is -0.886. The monoisotopic (exact) mass is 272 g/mol. The highest BCUT2D eigenvalue weighted by Crippen LogP contribution is 2.27. The molecule has 0 atom stereocenters. The highest BCUT2D eigenvalue weighted by molar-refractivity contribution is 6.41. The van der Waals surface area contributed by atoms with Crippen molar-refractivity contribution in [2.45, 2.75) is 0 Å². The van der Waals surface area contributed by atoms with Crippen molar-refractivity contribution in [1.82, 2.24) is 10.5 Å². The molecule has 0 spiro atoms. The molecule has 1 aliphatic heterocycles. The number of nitrogens with zero attached hydrogens (tertiary/aromatic N) is 2. The number of amides is 2. The van der Waals surface area contributed by atoms with Gasteiger partial charge in [-0.3, -0.25) is 9.59 Å². The fraction of sp³-hybridized carbons (Fsp3) is 0.154. The predicted molar refractivity (Wildman–Crippen MR) is 71.7 cm³/mol. The van der Waals surface area contributed by atoms with E-state index in [1.165, 1.54) is 11.1 Å². The molecule has 3 rings (SSSR count).